The van der Waals surface area contributed by atoms with Crippen LogP contribution in [0, 0.1) is 24.7 Å². The van der Waals surface area contributed by atoms with Crippen molar-refractivity contribution in [3.63, 3.8) is 0 Å². The van der Waals surface area contributed by atoms with Crippen LogP contribution in [0.3, 0.4) is 0 Å². The summed E-state index contributed by atoms with van der Waals surface area (Å²) >= 11 is 0. The van der Waals surface area contributed by atoms with E-state index in [1.54, 1.807) is 0 Å². The zero-order valence-corrected chi connectivity index (χ0v) is 16.3. The lowest BCUT2D eigenvalue weighted by molar-refractivity contribution is 0.407. The van der Waals surface area contributed by atoms with Crippen LogP contribution in [0.25, 0.3) is 0 Å². The zero-order valence-electron chi connectivity index (χ0n) is 16.3. The van der Waals surface area contributed by atoms with Gasteiger partial charge >= 0.3 is 0 Å². The van der Waals surface area contributed by atoms with Crippen molar-refractivity contribution in [1.29, 1.82) is 0 Å². The molecule has 0 aliphatic heterocycles. The van der Waals surface area contributed by atoms with Crippen LogP contribution >= 0.6 is 0 Å². The predicted molar refractivity (Wildman–Crippen MR) is 108 cm³/mol. The van der Waals surface area contributed by atoms with Crippen LogP contribution in [0.1, 0.15) is 52.2 Å². The molecule has 0 aliphatic rings. The van der Waals surface area contributed by atoms with Gasteiger partial charge < -0.3 is 5.73 Å². The third-order valence-corrected chi connectivity index (χ3v) is 5.57. The van der Waals surface area contributed by atoms with Gasteiger partial charge in [-0.25, -0.2) is 0 Å². The molecule has 0 saturated carbocycles. The van der Waals surface area contributed by atoms with Crippen molar-refractivity contribution in [2.75, 3.05) is 0 Å². The van der Waals surface area contributed by atoms with Crippen LogP contribution in [-0.4, -0.2) is 0 Å². The Balaban J connectivity index is 2.65. The van der Waals surface area contributed by atoms with E-state index in [1.807, 2.05) is 0 Å². The Morgan fingerprint density at radius 1 is 1.17 bits per heavy atom. The van der Waals surface area contributed by atoms with Gasteiger partial charge in [0.15, 0.2) is 0 Å². The van der Waals surface area contributed by atoms with Crippen molar-refractivity contribution < 1.29 is 0 Å². The third kappa shape index (κ3) is 5.40. The van der Waals surface area contributed by atoms with E-state index < -0.39 is 0 Å². The van der Waals surface area contributed by atoms with E-state index >= 15 is 0 Å². The molecule has 1 nitrogen and oxygen atoms in total. The second-order valence-corrected chi connectivity index (χ2v) is 7.71. The summed E-state index contributed by atoms with van der Waals surface area (Å²) in [7, 11) is 0. The number of rotatable bonds is 8. The van der Waals surface area contributed by atoms with Gasteiger partial charge in [0.2, 0.25) is 0 Å². The van der Waals surface area contributed by atoms with Gasteiger partial charge in [-0.3, -0.25) is 0 Å². The molecular weight excluding hydrogens is 290 g/mol. The predicted octanol–water partition coefficient (Wildman–Crippen LogP) is 6.16. The number of nitrogens with two attached hydrogens (primary N) is 1. The first kappa shape index (κ1) is 20.3. The fraction of sp³-hybridized carbons (Fsp3) is 0.478. The Labute approximate surface area is 149 Å². The summed E-state index contributed by atoms with van der Waals surface area (Å²) in [5.41, 5.74) is 9.48. The van der Waals surface area contributed by atoms with Crippen molar-refractivity contribution in [3.05, 3.63) is 72.0 Å². The molecule has 0 aromatic heterocycles. The summed E-state index contributed by atoms with van der Waals surface area (Å²) in [5.74, 6) is 1.34. The Morgan fingerprint density at radius 3 is 2.38 bits per heavy atom. The first-order valence-corrected chi connectivity index (χ1v) is 9.01. The van der Waals surface area contributed by atoms with Crippen LogP contribution in [0.2, 0.25) is 0 Å². The van der Waals surface area contributed by atoms with Gasteiger partial charge in [0.05, 0.1) is 0 Å². The normalized spacial score (nSPS) is 16.4. The average Bonchev–Trinajstić information content (AvgIpc) is 2.53. The third-order valence-electron chi connectivity index (χ3n) is 5.57. The van der Waals surface area contributed by atoms with Crippen LogP contribution in [-0.2, 0) is 5.41 Å². The minimum absolute atomic E-state index is 0.120. The second kappa shape index (κ2) is 8.92. The Hall–Kier alpha value is -1.76. The molecule has 0 spiro atoms. The highest BCUT2D eigenvalue weighted by Gasteiger charge is 2.27. The lowest BCUT2D eigenvalue weighted by Crippen LogP contribution is -2.26. The highest BCUT2D eigenvalue weighted by molar-refractivity contribution is 5.33. The molecule has 0 radical (unpaired) electrons. The number of hydrogen-bond acceptors (Lipinski definition) is 1. The zero-order chi connectivity index (χ0) is 18.3. The van der Waals surface area contributed by atoms with E-state index in [2.05, 4.69) is 96.7 Å². The largest absolute Gasteiger partial charge is 0.402 e. The summed E-state index contributed by atoms with van der Waals surface area (Å²) in [6.45, 7) is 17.3. The van der Waals surface area contributed by atoms with Gasteiger partial charge in [0, 0.05) is 5.70 Å². The number of benzene rings is 1. The van der Waals surface area contributed by atoms with Gasteiger partial charge in [0.1, 0.15) is 0 Å². The second-order valence-electron chi connectivity index (χ2n) is 7.71. The monoisotopic (exact) mass is 325 g/mol. The summed E-state index contributed by atoms with van der Waals surface area (Å²) in [4.78, 5) is 0. The maximum absolute atomic E-state index is 5.79. The Kier molecular flexibility index (Phi) is 7.54. The molecule has 0 heterocycles. The molecule has 1 heteroatoms. The van der Waals surface area contributed by atoms with E-state index in [0.717, 1.165) is 12.1 Å². The Bertz CT molecular complexity index is 592. The SMILES string of the molecule is C=C(N)C(C)C(C)C/C=C\C=C/C(C)C(C)(C)c1ccccc1C. The topological polar surface area (TPSA) is 26.0 Å². The molecule has 3 unspecified atom stereocenters. The minimum atomic E-state index is 0.120. The molecular formula is C23H35N. The van der Waals surface area contributed by atoms with Gasteiger partial charge in [0.25, 0.3) is 0 Å². The van der Waals surface area contributed by atoms with Crippen molar-refractivity contribution in [2.24, 2.45) is 23.5 Å². The standard InChI is InChI=1S/C23H35N/c1-17(20(4)21(5)24)13-9-8-10-15-19(3)23(6,7)22-16-12-11-14-18(22)2/h8-12,14-17,19-20H,5,13,24H2,1-4,6-7H3/b9-8-,15-10-. The van der Waals surface area contributed by atoms with Crippen molar-refractivity contribution in [2.45, 2.75) is 53.4 Å². The highest BCUT2D eigenvalue weighted by atomic mass is 14.6. The summed E-state index contributed by atoms with van der Waals surface area (Å²) < 4.78 is 0. The molecule has 1 aromatic rings. The van der Waals surface area contributed by atoms with Crippen molar-refractivity contribution in [3.8, 4) is 0 Å². The molecule has 0 bridgehead atoms. The van der Waals surface area contributed by atoms with Gasteiger partial charge in [-0.1, -0.05) is 89.8 Å². The first-order chi connectivity index (χ1) is 11.2. The Morgan fingerprint density at radius 2 is 1.79 bits per heavy atom. The van der Waals surface area contributed by atoms with Crippen LogP contribution in [0.4, 0.5) is 0 Å². The maximum atomic E-state index is 5.79. The molecule has 0 saturated heterocycles. The van der Waals surface area contributed by atoms with Crippen molar-refractivity contribution in [1.82, 2.24) is 0 Å². The molecule has 132 valence electrons. The van der Waals surface area contributed by atoms with E-state index in [4.69, 9.17) is 5.73 Å². The van der Waals surface area contributed by atoms with Crippen LogP contribution in [0.15, 0.2) is 60.8 Å². The molecule has 0 amide bonds. The molecule has 2 N–H and O–H groups in total. The lowest BCUT2D eigenvalue weighted by Gasteiger charge is -2.32. The lowest BCUT2D eigenvalue weighted by atomic mass is 9.72. The molecule has 1 aromatic carbocycles. The van der Waals surface area contributed by atoms with E-state index in [-0.39, 0.29) is 5.41 Å². The quantitative estimate of drug-likeness (QED) is 0.569. The van der Waals surface area contributed by atoms with E-state index in [0.29, 0.717) is 17.8 Å². The highest BCUT2D eigenvalue weighted by Crippen LogP contribution is 2.34. The number of allylic oxidation sites excluding steroid dienone is 5. The van der Waals surface area contributed by atoms with Crippen LogP contribution in [0.5, 0.6) is 0 Å². The fourth-order valence-electron chi connectivity index (χ4n) is 2.95. The summed E-state index contributed by atoms with van der Waals surface area (Å²) in [6.07, 6.45) is 9.90. The van der Waals surface area contributed by atoms with Crippen molar-refractivity contribution >= 4 is 0 Å². The van der Waals surface area contributed by atoms with Gasteiger partial charge in [-0.15, -0.1) is 0 Å². The molecule has 0 fully saturated rings. The average molecular weight is 326 g/mol. The maximum Gasteiger partial charge on any atom is 0.00390 e. The smallest absolute Gasteiger partial charge is 0.00390 e. The van der Waals surface area contributed by atoms with E-state index in [1.165, 1.54) is 11.1 Å². The fourth-order valence-corrected chi connectivity index (χ4v) is 2.95. The number of hydrogen-bond donors (Lipinski definition) is 1. The molecule has 24 heavy (non-hydrogen) atoms. The first-order valence-electron chi connectivity index (χ1n) is 9.01. The van der Waals surface area contributed by atoms with Gasteiger partial charge in [-0.2, -0.15) is 0 Å². The molecule has 3 atom stereocenters. The van der Waals surface area contributed by atoms with E-state index in [9.17, 15) is 0 Å². The van der Waals surface area contributed by atoms with Crippen LogP contribution < -0.4 is 5.73 Å². The van der Waals surface area contributed by atoms with Gasteiger partial charge in [-0.05, 0) is 47.6 Å². The molecule has 1 rings (SSSR count). The molecule has 0 aliphatic carbocycles. The number of aryl methyl sites for hydroxylation is 1. The summed E-state index contributed by atoms with van der Waals surface area (Å²) in [5, 5.41) is 0. The minimum Gasteiger partial charge on any atom is -0.402 e. The summed E-state index contributed by atoms with van der Waals surface area (Å²) in [6, 6.07) is 8.68.